The first-order valence-corrected chi connectivity index (χ1v) is 6.97. The Morgan fingerprint density at radius 1 is 1.20 bits per heavy atom. The van der Waals surface area contributed by atoms with E-state index in [1.165, 1.54) is 0 Å². The molecule has 0 saturated heterocycles. The monoisotopic (exact) mass is 358 g/mol. The fourth-order valence-electron chi connectivity index (χ4n) is 1.30. The van der Waals surface area contributed by atoms with Gasteiger partial charge in [-0.3, -0.25) is 9.59 Å². The lowest BCUT2D eigenvalue weighted by Crippen LogP contribution is -2.20. The Kier molecular flexibility index (Phi) is 6.61. The second kappa shape index (κ2) is 7.97. The van der Waals surface area contributed by atoms with Gasteiger partial charge in [0.25, 0.3) is 0 Å². The predicted octanol–water partition coefficient (Wildman–Crippen LogP) is 3.17. The summed E-state index contributed by atoms with van der Waals surface area (Å²) in [5, 5.41) is 0.585. The molecular weight excluding hydrogens is 348 g/mol. The summed E-state index contributed by atoms with van der Waals surface area (Å²) in [5.41, 5.74) is 0.748. The highest BCUT2D eigenvalue weighted by molar-refractivity contribution is 9.12. The Morgan fingerprint density at radius 2 is 1.80 bits per heavy atom. The average molecular weight is 360 g/mol. The molecule has 0 atom stereocenters. The summed E-state index contributed by atoms with van der Waals surface area (Å²) >= 11 is 8.84. The molecule has 0 spiro atoms. The van der Waals surface area contributed by atoms with Gasteiger partial charge in [-0.25, -0.2) is 4.79 Å². The van der Waals surface area contributed by atoms with Gasteiger partial charge in [-0.15, -0.1) is 0 Å². The van der Waals surface area contributed by atoms with E-state index in [-0.39, 0.29) is 11.1 Å². The summed E-state index contributed by atoms with van der Waals surface area (Å²) in [4.78, 5) is 34.3. The number of carbonyl (C=O) groups is 3. The molecule has 0 aliphatic heterocycles. The Hall–Kier alpha value is -1.46. The molecule has 0 bridgehead atoms. The van der Waals surface area contributed by atoms with Crippen molar-refractivity contribution in [3.63, 3.8) is 0 Å². The zero-order valence-corrected chi connectivity index (χ0v) is 13.0. The van der Waals surface area contributed by atoms with Gasteiger partial charge in [-0.2, -0.15) is 0 Å². The van der Waals surface area contributed by atoms with Crippen LogP contribution in [0.1, 0.15) is 18.9 Å². The number of hydrogen-bond donors (Lipinski definition) is 0. The number of esters is 1. The van der Waals surface area contributed by atoms with Gasteiger partial charge in [0.2, 0.25) is 5.78 Å². The Morgan fingerprint density at radius 3 is 2.35 bits per heavy atom. The number of carbonyl (C=O) groups excluding carboxylic acids is 3. The van der Waals surface area contributed by atoms with Gasteiger partial charge in [0, 0.05) is 5.02 Å². The van der Waals surface area contributed by atoms with Crippen molar-refractivity contribution in [1.29, 1.82) is 0 Å². The van der Waals surface area contributed by atoms with Crippen LogP contribution >= 0.6 is 27.5 Å². The number of ketones is 2. The molecule has 0 radical (unpaired) electrons. The fraction of sp³-hybridized carbons (Fsp3) is 0.214. The van der Waals surface area contributed by atoms with Gasteiger partial charge in [-0.1, -0.05) is 23.7 Å². The normalized spacial score (nSPS) is 11.1. The first-order chi connectivity index (χ1) is 9.43. The van der Waals surface area contributed by atoms with Crippen molar-refractivity contribution in [2.24, 2.45) is 0 Å². The van der Waals surface area contributed by atoms with E-state index >= 15 is 0 Å². The Bertz CT molecular complexity index is 549. The molecule has 6 heteroatoms. The molecule has 0 heterocycles. The lowest BCUT2D eigenvalue weighted by molar-refractivity contribution is -0.154. The maximum absolute atomic E-state index is 11.8. The molecule has 106 valence electrons. The van der Waals surface area contributed by atoms with E-state index in [0.29, 0.717) is 5.02 Å². The number of halogens is 2. The molecule has 0 aromatic heterocycles. The molecule has 0 amide bonds. The number of hydrogen-bond acceptors (Lipinski definition) is 4. The SMILES string of the molecule is CCOC(=O)C(=O)CC(=O)C(Br)=Cc1ccc(Cl)cc1. The van der Waals surface area contributed by atoms with Crippen LogP contribution in [0.15, 0.2) is 28.7 Å². The molecule has 1 aromatic carbocycles. The number of rotatable bonds is 6. The van der Waals surface area contributed by atoms with Crippen LogP contribution in [0.3, 0.4) is 0 Å². The molecule has 1 rings (SSSR count). The zero-order chi connectivity index (χ0) is 15.1. The summed E-state index contributed by atoms with van der Waals surface area (Å²) < 4.78 is 4.73. The lowest BCUT2D eigenvalue weighted by atomic mass is 10.1. The van der Waals surface area contributed by atoms with E-state index in [1.54, 1.807) is 37.3 Å². The molecule has 0 N–H and O–H groups in total. The maximum Gasteiger partial charge on any atom is 0.375 e. The maximum atomic E-state index is 11.8. The van der Waals surface area contributed by atoms with E-state index in [9.17, 15) is 14.4 Å². The summed E-state index contributed by atoms with van der Waals surface area (Å²) in [6, 6.07) is 6.82. The van der Waals surface area contributed by atoms with E-state index < -0.39 is 24.0 Å². The van der Waals surface area contributed by atoms with Crippen LogP contribution in [0.25, 0.3) is 6.08 Å². The highest BCUT2D eigenvalue weighted by Crippen LogP contribution is 2.17. The minimum absolute atomic E-state index is 0.0978. The highest BCUT2D eigenvalue weighted by Gasteiger charge is 2.20. The topological polar surface area (TPSA) is 60.4 Å². The van der Waals surface area contributed by atoms with Crippen LogP contribution in [0.4, 0.5) is 0 Å². The fourth-order valence-corrected chi connectivity index (χ4v) is 1.83. The van der Waals surface area contributed by atoms with E-state index in [0.717, 1.165) is 5.56 Å². The largest absolute Gasteiger partial charge is 0.460 e. The molecule has 4 nitrogen and oxygen atoms in total. The van der Waals surface area contributed by atoms with E-state index in [4.69, 9.17) is 11.6 Å². The van der Waals surface area contributed by atoms with Crippen molar-refractivity contribution in [3.05, 3.63) is 39.3 Å². The zero-order valence-electron chi connectivity index (χ0n) is 10.7. The third-order valence-electron chi connectivity index (χ3n) is 2.25. The van der Waals surface area contributed by atoms with E-state index in [2.05, 4.69) is 20.7 Å². The molecular formula is C14H12BrClO4. The minimum atomic E-state index is -0.993. The molecule has 0 fully saturated rings. The molecule has 0 aliphatic carbocycles. The molecule has 1 aromatic rings. The van der Waals surface area contributed by atoms with E-state index in [1.807, 2.05) is 0 Å². The molecule has 0 aliphatic rings. The quantitative estimate of drug-likeness (QED) is 0.339. The van der Waals surface area contributed by atoms with Gasteiger partial charge in [-0.05, 0) is 46.6 Å². The minimum Gasteiger partial charge on any atom is -0.460 e. The second-order valence-electron chi connectivity index (χ2n) is 3.79. The summed E-state index contributed by atoms with van der Waals surface area (Å²) in [5.74, 6) is -2.34. The lowest BCUT2D eigenvalue weighted by Gasteiger charge is -2.01. The van der Waals surface area contributed by atoms with Crippen LogP contribution in [0.5, 0.6) is 0 Å². The van der Waals surface area contributed by atoms with Crippen molar-refractivity contribution in [2.75, 3.05) is 6.61 Å². The van der Waals surface area contributed by atoms with Gasteiger partial charge >= 0.3 is 5.97 Å². The molecule has 0 unspecified atom stereocenters. The Labute approximate surface area is 129 Å². The summed E-state index contributed by atoms with van der Waals surface area (Å²) in [6.45, 7) is 1.68. The van der Waals surface area contributed by atoms with Crippen LogP contribution in [-0.4, -0.2) is 24.1 Å². The third-order valence-corrected chi connectivity index (χ3v) is 3.18. The predicted molar refractivity (Wildman–Crippen MR) is 79.6 cm³/mol. The molecule has 20 heavy (non-hydrogen) atoms. The van der Waals surface area contributed by atoms with Crippen LogP contribution < -0.4 is 0 Å². The number of Topliss-reactive ketones (excluding diaryl/α,β-unsaturated/α-hetero) is 2. The Balaban J connectivity index is 2.69. The summed E-state index contributed by atoms with van der Waals surface area (Å²) in [7, 11) is 0. The van der Waals surface area contributed by atoms with Crippen LogP contribution in [0, 0.1) is 0 Å². The van der Waals surface area contributed by atoms with Crippen LogP contribution in [-0.2, 0) is 19.1 Å². The standard InChI is InChI=1S/C14H12BrClO4/c1-2-20-14(19)13(18)8-12(17)11(15)7-9-3-5-10(16)6-4-9/h3-7H,2,8H2,1H3. The van der Waals surface area contributed by atoms with Crippen molar-refractivity contribution in [2.45, 2.75) is 13.3 Å². The third kappa shape index (κ3) is 5.27. The number of allylic oxidation sites excluding steroid dienone is 1. The molecule has 0 saturated carbocycles. The van der Waals surface area contributed by atoms with Gasteiger partial charge in [0.1, 0.15) is 0 Å². The average Bonchev–Trinajstić information content (AvgIpc) is 2.41. The smallest absolute Gasteiger partial charge is 0.375 e. The summed E-state index contributed by atoms with van der Waals surface area (Å²) in [6.07, 6.45) is 1.03. The van der Waals surface area contributed by atoms with Gasteiger partial charge in [0.05, 0.1) is 17.5 Å². The highest BCUT2D eigenvalue weighted by atomic mass is 79.9. The van der Waals surface area contributed by atoms with Crippen molar-refractivity contribution in [1.82, 2.24) is 0 Å². The number of benzene rings is 1. The number of ether oxygens (including phenoxy) is 1. The van der Waals surface area contributed by atoms with Crippen molar-refractivity contribution < 1.29 is 19.1 Å². The van der Waals surface area contributed by atoms with Crippen molar-refractivity contribution in [3.8, 4) is 0 Å². The van der Waals surface area contributed by atoms with Crippen molar-refractivity contribution >= 4 is 51.1 Å². The first-order valence-electron chi connectivity index (χ1n) is 5.80. The first kappa shape index (κ1) is 16.6. The van der Waals surface area contributed by atoms with Gasteiger partial charge in [0.15, 0.2) is 5.78 Å². The second-order valence-corrected chi connectivity index (χ2v) is 5.08. The van der Waals surface area contributed by atoms with Gasteiger partial charge < -0.3 is 4.74 Å². The van der Waals surface area contributed by atoms with Crippen LogP contribution in [0.2, 0.25) is 5.02 Å².